The van der Waals surface area contributed by atoms with Crippen LogP contribution in [-0.4, -0.2) is 4.98 Å². The maximum Gasteiger partial charge on any atom is 0.124 e. The molecule has 0 fully saturated rings. The largest absolute Gasteiger partial charge is 0.310 e. The molecule has 0 amide bonds. The standard InChI is InChI=1S/C50H34N2S/c1-50(2)44-23-12-11-20-38(44)39-25-24-34(30-45(39)50)52(33-17-7-4-8-18-33)35-28-32-16-9-10-19-36(32)43(29-35)37-26-27-41-46-40(37)21-13-22-42(46)48-47(41)51-49(53-48)31-14-5-3-6-15-31/h3-30H,1-2H3. The summed E-state index contributed by atoms with van der Waals surface area (Å²) in [4.78, 5) is 8.91. The molecule has 0 spiro atoms. The first-order valence-corrected chi connectivity index (χ1v) is 19.1. The van der Waals surface area contributed by atoms with Gasteiger partial charge in [-0.3, -0.25) is 0 Å². The van der Waals surface area contributed by atoms with Crippen LogP contribution in [0.15, 0.2) is 170 Å². The van der Waals surface area contributed by atoms with Gasteiger partial charge in [0, 0.05) is 44.6 Å². The third-order valence-electron chi connectivity index (χ3n) is 11.4. The van der Waals surface area contributed by atoms with Crippen LogP contribution >= 0.6 is 11.3 Å². The molecule has 0 saturated heterocycles. The van der Waals surface area contributed by atoms with Crippen molar-refractivity contribution in [3.8, 4) is 54.5 Å². The van der Waals surface area contributed by atoms with Crippen LogP contribution in [0.4, 0.5) is 17.1 Å². The molecular weight excluding hydrogens is 661 g/mol. The molecule has 0 unspecified atom stereocenters. The zero-order chi connectivity index (χ0) is 35.3. The predicted octanol–water partition coefficient (Wildman–Crippen LogP) is 14.2. The van der Waals surface area contributed by atoms with Gasteiger partial charge in [0.25, 0.3) is 0 Å². The fourth-order valence-electron chi connectivity index (χ4n) is 8.92. The molecule has 2 aliphatic carbocycles. The number of hydrogen-bond donors (Lipinski definition) is 0. The van der Waals surface area contributed by atoms with E-state index in [1.807, 2.05) is 0 Å². The van der Waals surface area contributed by atoms with Gasteiger partial charge in [-0.15, -0.1) is 11.3 Å². The maximum absolute atomic E-state index is 5.22. The van der Waals surface area contributed by atoms with E-state index in [0.29, 0.717) is 0 Å². The molecule has 0 saturated carbocycles. The molecule has 2 aliphatic rings. The Balaban J connectivity index is 1.11. The summed E-state index contributed by atoms with van der Waals surface area (Å²) in [6.07, 6.45) is 0. The van der Waals surface area contributed by atoms with Crippen molar-refractivity contribution in [1.29, 1.82) is 0 Å². The summed E-state index contributed by atoms with van der Waals surface area (Å²) in [5.74, 6) is 0. The van der Waals surface area contributed by atoms with E-state index < -0.39 is 0 Å². The number of rotatable bonds is 5. The van der Waals surface area contributed by atoms with Crippen LogP contribution in [0.5, 0.6) is 0 Å². The first kappa shape index (κ1) is 30.3. The van der Waals surface area contributed by atoms with E-state index in [9.17, 15) is 0 Å². The fraction of sp³-hybridized carbons (Fsp3) is 0.0600. The number of nitrogens with zero attached hydrogens (tertiary/aromatic N) is 2. The molecule has 0 bridgehead atoms. The number of thiazole rings is 1. The Hall–Kier alpha value is -6.29. The van der Waals surface area contributed by atoms with E-state index in [1.165, 1.54) is 76.5 Å². The number of benzene rings is 8. The molecular formula is C50H34N2S. The van der Waals surface area contributed by atoms with Gasteiger partial charge in [-0.1, -0.05) is 147 Å². The molecule has 0 aliphatic heterocycles. The van der Waals surface area contributed by atoms with Gasteiger partial charge in [0.15, 0.2) is 0 Å². The summed E-state index contributed by atoms with van der Waals surface area (Å²) in [7, 11) is 0. The smallest absolute Gasteiger partial charge is 0.124 e. The van der Waals surface area contributed by atoms with E-state index in [4.69, 9.17) is 4.98 Å². The average Bonchev–Trinajstić information content (AvgIpc) is 3.84. The monoisotopic (exact) mass is 694 g/mol. The Labute approximate surface area is 313 Å². The van der Waals surface area contributed by atoms with Gasteiger partial charge < -0.3 is 4.90 Å². The topological polar surface area (TPSA) is 16.1 Å². The summed E-state index contributed by atoms with van der Waals surface area (Å²) < 4.78 is 0. The van der Waals surface area contributed by atoms with Gasteiger partial charge in [0.05, 0.1) is 10.6 Å². The number of fused-ring (bicyclic) bond motifs is 7. The van der Waals surface area contributed by atoms with E-state index in [2.05, 4.69) is 189 Å². The van der Waals surface area contributed by atoms with Crippen LogP contribution in [0.25, 0.3) is 76.1 Å². The summed E-state index contributed by atoms with van der Waals surface area (Å²) in [6, 6.07) is 62.3. The lowest BCUT2D eigenvalue weighted by atomic mass is 9.82. The lowest BCUT2D eigenvalue weighted by molar-refractivity contribution is 0.660. The highest BCUT2D eigenvalue weighted by Gasteiger charge is 2.36. The molecule has 53 heavy (non-hydrogen) atoms. The van der Waals surface area contributed by atoms with E-state index in [0.717, 1.165) is 27.8 Å². The summed E-state index contributed by atoms with van der Waals surface area (Å²) in [6.45, 7) is 4.71. The molecule has 250 valence electrons. The Kier molecular flexibility index (Phi) is 6.50. The Morgan fingerprint density at radius 2 is 1.15 bits per heavy atom. The highest BCUT2D eigenvalue weighted by atomic mass is 32.1. The molecule has 1 aromatic heterocycles. The lowest BCUT2D eigenvalue weighted by Gasteiger charge is -2.29. The SMILES string of the molecule is CC1(C)c2ccccc2-c2ccc(N(c3ccccc3)c3cc(-c4ccc5c6c(cccc46)-c4sc(-c6ccccc6)nc4-5)c4ccccc4c3)cc21. The van der Waals surface area contributed by atoms with E-state index in [-0.39, 0.29) is 5.41 Å². The van der Waals surface area contributed by atoms with Crippen molar-refractivity contribution in [3.63, 3.8) is 0 Å². The Morgan fingerprint density at radius 1 is 0.472 bits per heavy atom. The molecule has 0 atom stereocenters. The van der Waals surface area contributed by atoms with Crippen molar-refractivity contribution in [2.24, 2.45) is 0 Å². The van der Waals surface area contributed by atoms with Crippen molar-refractivity contribution in [3.05, 3.63) is 181 Å². The van der Waals surface area contributed by atoms with Gasteiger partial charge in [0.2, 0.25) is 0 Å². The molecule has 1 heterocycles. The molecule has 3 heteroatoms. The van der Waals surface area contributed by atoms with E-state index >= 15 is 0 Å². The zero-order valence-corrected chi connectivity index (χ0v) is 30.3. The minimum absolute atomic E-state index is 0.0952. The first-order valence-electron chi connectivity index (χ1n) is 18.3. The van der Waals surface area contributed by atoms with E-state index in [1.54, 1.807) is 11.3 Å². The number of anilines is 3. The van der Waals surface area contributed by atoms with Crippen molar-refractivity contribution in [2.75, 3.05) is 4.90 Å². The Bertz CT molecular complexity index is 2890. The highest BCUT2D eigenvalue weighted by molar-refractivity contribution is 7.19. The van der Waals surface area contributed by atoms with Crippen molar-refractivity contribution < 1.29 is 0 Å². The number of aromatic nitrogens is 1. The quantitative estimate of drug-likeness (QED) is 0.178. The molecule has 0 radical (unpaired) electrons. The van der Waals surface area contributed by atoms with Crippen LogP contribution in [0.1, 0.15) is 25.0 Å². The minimum Gasteiger partial charge on any atom is -0.310 e. The van der Waals surface area contributed by atoms with Crippen molar-refractivity contribution in [2.45, 2.75) is 19.3 Å². The van der Waals surface area contributed by atoms with Gasteiger partial charge in [-0.2, -0.15) is 0 Å². The highest BCUT2D eigenvalue weighted by Crippen LogP contribution is 2.54. The summed E-state index contributed by atoms with van der Waals surface area (Å²) in [5.41, 5.74) is 16.0. The molecule has 8 aromatic carbocycles. The first-order chi connectivity index (χ1) is 26.0. The second kappa shape index (κ2) is 11.4. The average molecular weight is 695 g/mol. The molecule has 11 rings (SSSR count). The van der Waals surface area contributed by atoms with Crippen LogP contribution in [-0.2, 0) is 5.41 Å². The Morgan fingerprint density at radius 3 is 2.02 bits per heavy atom. The van der Waals surface area contributed by atoms with Crippen LogP contribution in [0.3, 0.4) is 0 Å². The third kappa shape index (κ3) is 4.47. The fourth-order valence-corrected chi connectivity index (χ4v) is 10.0. The summed E-state index contributed by atoms with van der Waals surface area (Å²) in [5, 5.41) is 6.09. The maximum atomic E-state index is 5.22. The normalized spacial score (nSPS) is 13.2. The predicted molar refractivity (Wildman–Crippen MR) is 225 cm³/mol. The third-order valence-corrected chi connectivity index (χ3v) is 12.6. The van der Waals surface area contributed by atoms with Crippen LogP contribution in [0, 0.1) is 0 Å². The summed E-state index contributed by atoms with van der Waals surface area (Å²) >= 11 is 1.80. The van der Waals surface area contributed by atoms with Gasteiger partial charge in [0.1, 0.15) is 5.01 Å². The van der Waals surface area contributed by atoms with Gasteiger partial charge in [-0.05, 0) is 85.9 Å². The number of para-hydroxylation sites is 1. The van der Waals surface area contributed by atoms with Crippen molar-refractivity contribution >= 4 is 49.9 Å². The van der Waals surface area contributed by atoms with Gasteiger partial charge >= 0.3 is 0 Å². The van der Waals surface area contributed by atoms with Crippen LogP contribution in [0.2, 0.25) is 0 Å². The van der Waals surface area contributed by atoms with Crippen molar-refractivity contribution in [1.82, 2.24) is 4.98 Å². The molecule has 2 nitrogen and oxygen atoms in total. The van der Waals surface area contributed by atoms with Gasteiger partial charge in [-0.25, -0.2) is 4.98 Å². The second-order valence-corrected chi connectivity index (χ2v) is 15.7. The molecule has 9 aromatic rings. The number of hydrogen-bond acceptors (Lipinski definition) is 3. The van der Waals surface area contributed by atoms with Crippen LogP contribution < -0.4 is 4.90 Å². The minimum atomic E-state index is -0.0952. The zero-order valence-electron chi connectivity index (χ0n) is 29.5. The lowest BCUT2D eigenvalue weighted by Crippen LogP contribution is -2.16. The second-order valence-electron chi connectivity index (χ2n) is 14.7. The molecule has 0 N–H and O–H groups in total.